The van der Waals surface area contributed by atoms with Gasteiger partial charge in [0.15, 0.2) is 4.96 Å². The Morgan fingerprint density at radius 2 is 2.42 bits per heavy atom. The fourth-order valence-corrected chi connectivity index (χ4v) is 3.19. The van der Waals surface area contributed by atoms with Gasteiger partial charge in [0.2, 0.25) is 0 Å². The number of aliphatic hydroxyl groups excluding tert-OH is 1. The first-order valence-electron chi connectivity index (χ1n) is 6.49. The van der Waals surface area contributed by atoms with Crippen LogP contribution in [0.4, 0.5) is 0 Å². The largest absolute Gasteiger partial charge is 0.392 e. The molecule has 1 aliphatic heterocycles. The van der Waals surface area contributed by atoms with E-state index >= 15 is 0 Å². The van der Waals surface area contributed by atoms with Crippen molar-refractivity contribution in [3.8, 4) is 0 Å². The fourth-order valence-electron chi connectivity index (χ4n) is 2.46. The number of nitrogens with zero attached hydrogens (tertiary/aromatic N) is 3. The van der Waals surface area contributed by atoms with E-state index in [-0.39, 0.29) is 11.7 Å². The minimum atomic E-state index is -0.277. The van der Waals surface area contributed by atoms with Crippen LogP contribution in [0.3, 0.4) is 0 Å². The third kappa shape index (κ3) is 2.56. The summed E-state index contributed by atoms with van der Waals surface area (Å²) in [5, 5.41) is 11.8. The van der Waals surface area contributed by atoms with Gasteiger partial charge in [0.25, 0.3) is 5.56 Å². The van der Waals surface area contributed by atoms with E-state index in [0.717, 1.165) is 23.6 Å². The number of β-amino-alcohol motifs (C(OH)–C–C–N with tert-alkyl or cyclic N) is 1. The zero-order chi connectivity index (χ0) is 13.4. The Morgan fingerprint density at radius 3 is 3.21 bits per heavy atom. The second-order valence-corrected chi connectivity index (χ2v) is 6.08. The molecule has 0 spiro atoms. The van der Waals surface area contributed by atoms with Crippen molar-refractivity contribution in [2.24, 2.45) is 5.92 Å². The molecule has 2 atom stereocenters. The van der Waals surface area contributed by atoms with E-state index in [9.17, 15) is 9.90 Å². The van der Waals surface area contributed by atoms with Crippen LogP contribution in [-0.4, -0.2) is 38.6 Å². The molecule has 0 aromatic carbocycles. The second-order valence-electron chi connectivity index (χ2n) is 5.21. The van der Waals surface area contributed by atoms with Crippen LogP contribution in [0.1, 0.15) is 19.0 Å². The summed E-state index contributed by atoms with van der Waals surface area (Å²) in [6, 6.07) is 1.59. The van der Waals surface area contributed by atoms with Gasteiger partial charge in [-0.05, 0) is 18.9 Å². The van der Waals surface area contributed by atoms with Crippen LogP contribution in [0.25, 0.3) is 4.96 Å². The van der Waals surface area contributed by atoms with Crippen LogP contribution in [0.15, 0.2) is 22.4 Å². The molecule has 3 heterocycles. The molecular weight excluding hydrogens is 262 g/mol. The van der Waals surface area contributed by atoms with Crippen molar-refractivity contribution in [3.05, 3.63) is 33.7 Å². The molecule has 0 amide bonds. The Kier molecular flexibility index (Phi) is 3.38. The van der Waals surface area contributed by atoms with Crippen LogP contribution in [-0.2, 0) is 6.54 Å². The third-order valence-corrected chi connectivity index (χ3v) is 4.50. The van der Waals surface area contributed by atoms with Crippen LogP contribution >= 0.6 is 11.3 Å². The Balaban J connectivity index is 1.80. The normalized spacial score (nSPS) is 24.9. The number of likely N-dealkylation sites (tertiary alicyclic amines) is 1. The highest BCUT2D eigenvalue weighted by molar-refractivity contribution is 7.15. The SMILES string of the molecule is CC1CCN(Cc2cc(=O)n3ccsc3n2)CC1O. The van der Waals surface area contributed by atoms with Gasteiger partial charge in [0.1, 0.15) is 0 Å². The number of hydrogen-bond acceptors (Lipinski definition) is 5. The van der Waals surface area contributed by atoms with E-state index in [2.05, 4.69) is 16.8 Å². The summed E-state index contributed by atoms with van der Waals surface area (Å²) in [6.45, 7) is 4.31. The minimum Gasteiger partial charge on any atom is -0.392 e. The molecule has 19 heavy (non-hydrogen) atoms. The van der Waals surface area contributed by atoms with Gasteiger partial charge in [-0.15, -0.1) is 11.3 Å². The highest BCUT2D eigenvalue weighted by atomic mass is 32.1. The summed E-state index contributed by atoms with van der Waals surface area (Å²) in [6.07, 6.45) is 2.45. The maximum atomic E-state index is 11.9. The maximum absolute atomic E-state index is 11.9. The first-order valence-corrected chi connectivity index (χ1v) is 7.37. The Morgan fingerprint density at radius 1 is 1.58 bits per heavy atom. The highest BCUT2D eigenvalue weighted by Gasteiger charge is 2.24. The van der Waals surface area contributed by atoms with E-state index in [1.165, 1.54) is 11.3 Å². The number of thiazole rings is 1. The number of hydrogen-bond donors (Lipinski definition) is 1. The number of rotatable bonds is 2. The van der Waals surface area contributed by atoms with E-state index < -0.39 is 0 Å². The zero-order valence-corrected chi connectivity index (χ0v) is 11.6. The predicted molar refractivity (Wildman–Crippen MR) is 74.4 cm³/mol. The molecule has 1 fully saturated rings. The molecule has 5 nitrogen and oxygen atoms in total. The Labute approximate surface area is 115 Å². The number of aromatic nitrogens is 2. The van der Waals surface area contributed by atoms with Crippen LogP contribution < -0.4 is 5.56 Å². The standard InChI is InChI=1S/C13H17N3O2S/c1-9-2-3-15(8-11(9)17)7-10-6-12(18)16-4-5-19-13(16)14-10/h4-6,9,11,17H,2-3,7-8H2,1H3. The van der Waals surface area contributed by atoms with Crippen molar-refractivity contribution in [2.45, 2.75) is 26.0 Å². The molecule has 2 aromatic rings. The smallest absolute Gasteiger partial charge is 0.258 e. The van der Waals surface area contributed by atoms with Crippen molar-refractivity contribution in [2.75, 3.05) is 13.1 Å². The van der Waals surface area contributed by atoms with Gasteiger partial charge in [-0.1, -0.05) is 6.92 Å². The van der Waals surface area contributed by atoms with Crippen molar-refractivity contribution in [1.82, 2.24) is 14.3 Å². The average Bonchev–Trinajstić information content (AvgIpc) is 2.82. The molecular formula is C13H17N3O2S. The van der Waals surface area contributed by atoms with Crippen molar-refractivity contribution in [1.29, 1.82) is 0 Å². The van der Waals surface area contributed by atoms with Crippen LogP contribution in [0.5, 0.6) is 0 Å². The molecule has 1 saturated heterocycles. The summed E-state index contributed by atoms with van der Waals surface area (Å²) in [7, 11) is 0. The Hall–Kier alpha value is -1.24. The quantitative estimate of drug-likeness (QED) is 0.889. The summed E-state index contributed by atoms with van der Waals surface area (Å²) in [5.41, 5.74) is 0.751. The maximum Gasteiger partial charge on any atom is 0.258 e. The lowest BCUT2D eigenvalue weighted by atomic mass is 9.96. The van der Waals surface area contributed by atoms with Gasteiger partial charge in [-0.3, -0.25) is 14.1 Å². The summed E-state index contributed by atoms with van der Waals surface area (Å²) >= 11 is 1.46. The first-order chi connectivity index (χ1) is 9.13. The van der Waals surface area contributed by atoms with Gasteiger partial charge >= 0.3 is 0 Å². The molecule has 102 valence electrons. The molecule has 3 rings (SSSR count). The number of fused-ring (bicyclic) bond motifs is 1. The summed E-state index contributed by atoms with van der Waals surface area (Å²) in [5.74, 6) is 0.356. The van der Waals surface area contributed by atoms with Gasteiger partial charge in [0, 0.05) is 30.7 Å². The van der Waals surface area contributed by atoms with Gasteiger partial charge in [-0.25, -0.2) is 4.98 Å². The fraction of sp³-hybridized carbons (Fsp3) is 0.538. The molecule has 0 saturated carbocycles. The number of aliphatic hydroxyl groups is 1. The van der Waals surface area contributed by atoms with E-state index in [1.807, 2.05) is 5.38 Å². The van der Waals surface area contributed by atoms with Crippen LogP contribution in [0, 0.1) is 5.92 Å². The van der Waals surface area contributed by atoms with E-state index in [0.29, 0.717) is 19.0 Å². The molecule has 1 aliphatic rings. The van der Waals surface area contributed by atoms with E-state index in [1.54, 1.807) is 16.7 Å². The molecule has 2 unspecified atom stereocenters. The first kappa shape index (κ1) is 12.8. The lowest BCUT2D eigenvalue weighted by Gasteiger charge is -2.33. The molecule has 2 aromatic heterocycles. The van der Waals surface area contributed by atoms with Crippen molar-refractivity contribution in [3.63, 3.8) is 0 Å². The molecule has 0 bridgehead atoms. The van der Waals surface area contributed by atoms with Gasteiger partial charge in [0.05, 0.1) is 11.8 Å². The third-order valence-electron chi connectivity index (χ3n) is 3.74. The highest BCUT2D eigenvalue weighted by Crippen LogP contribution is 2.18. The lowest BCUT2D eigenvalue weighted by Crippen LogP contribution is -2.42. The summed E-state index contributed by atoms with van der Waals surface area (Å²) < 4.78 is 1.56. The second kappa shape index (κ2) is 5.03. The van der Waals surface area contributed by atoms with Gasteiger partial charge < -0.3 is 5.11 Å². The molecule has 0 radical (unpaired) electrons. The minimum absolute atomic E-state index is 0.0350. The van der Waals surface area contributed by atoms with Crippen molar-refractivity contribution < 1.29 is 5.11 Å². The number of piperidine rings is 1. The Bertz CT molecular complexity index is 636. The monoisotopic (exact) mass is 279 g/mol. The molecule has 1 N–H and O–H groups in total. The predicted octanol–water partition coefficient (Wildman–Crippen LogP) is 0.959. The van der Waals surface area contributed by atoms with Crippen molar-refractivity contribution >= 4 is 16.3 Å². The topological polar surface area (TPSA) is 57.8 Å². The molecule has 0 aliphatic carbocycles. The average molecular weight is 279 g/mol. The zero-order valence-electron chi connectivity index (χ0n) is 10.8. The van der Waals surface area contributed by atoms with Gasteiger partial charge in [-0.2, -0.15) is 0 Å². The van der Waals surface area contributed by atoms with E-state index in [4.69, 9.17) is 0 Å². The van der Waals surface area contributed by atoms with Crippen LogP contribution in [0.2, 0.25) is 0 Å². The summed E-state index contributed by atoms with van der Waals surface area (Å²) in [4.78, 5) is 19.3. The molecule has 6 heteroatoms. The lowest BCUT2D eigenvalue weighted by molar-refractivity contribution is 0.0254.